The van der Waals surface area contributed by atoms with Crippen molar-refractivity contribution in [2.45, 2.75) is 32.1 Å². The van der Waals surface area contributed by atoms with Gasteiger partial charge in [-0.25, -0.2) is 9.79 Å². The number of allylic oxidation sites excluding steroid dienone is 1. The number of thioether (sulfide) groups is 1. The lowest BCUT2D eigenvalue weighted by Crippen LogP contribution is -2.40. The van der Waals surface area contributed by atoms with E-state index in [0.717, 1.165) is 11.1 Å². The molecule has 6 heteroatoms. The van der Waals surface area contributed by atoms with Crippen LogP contribution in [0.3, 0.4) is 0 Å². The second-order valence-electron chi connectivity index (χ2n) is 5.67. The van der Waals surface area contributed by atoms with Crippen LogP contribution in [0, 0.1) is 6.92 Å². The second-order valence-corrected chi connectivity index (χ2v) is 6.97. The van der Waals surface area contributed by atoms with Crippen LogP contribution in [0.5, 0.6) is 0 Å². The Morgan fingerprint density at radius 3 is 2.52 bits per heavy atom. The van der Waals surface area contributed by atoms with Gasteiger partial charge in [0, 0.05) is 0 Å². The van der Waals surface area contributed by atoms with Crippen LogP contribution in [0.25, 0.3) is 0 Å². The highest BCUT2D eigenvalue weighted by molar-refractivity contribution is 8.15. The molecule has 2 aliphatic heterocycles. The zero-order valence-corrected chi connectivity index (χ0v) is 14.3. The Hall–Kier alpha value is -2.08. The minimum Gasteiger partial charge on any atom is -0.466 e. The van der Waals surface area contributed by atoms with Crippen molar-refractivity contribution in [3.05, 3.63) is 46.7 Å². The minimum atomic E-state index is -0.486. The van der Waals surface area contributed by atoms with Crippen LogP contribution in [0.2, 0.25) is 0 Å². The van der Waals surface area contributed by atoms with Gasteiger partial charge in [0.1, 0.15) is 0 Å². The van der Waals surface area contributed by atoms with Crippen LogP contribution >= 0.6 is 11.8 Å². The molecule has 0 aliphatic carbocycles. The van der Waals surface area contributed by atoms with Crippen molar-refractivity contribution in [1.29, 1.82) is 0 Å². The number of amidine groups is 1. The van der Waals surface area contributed by atoms with Gasteiger partial charge in [-0.3, -0.25) is 9.69 Å². The van der Waals surface area contributed by atoms with Gasteiger partial charge in [0.25, 0.3) is 0 Å². The zero-order valence-electron chi connectivity index (χ0n) is 13.5. The van der Waals surface area contributed by atoms with Crippen molar-refractivity contribution in [3.8, 4) is 0 Å². The molecular weight excluding hydrogens is 312 g/mol. The third-order valence-corrected chi connectivity index (χ3v) is 5.11. The number of amides is 1. The van der Waals surface area contributed by atoms with Gasteiger partial charge in [-0.15, -0.1) is 0 Å². The Bertz CT molecular complexity index is 737. The van der Waals surface area contributed by atoms with Crippen molar-refractivity contribution in [1.82, 2.24) is 4.90 Å². The summed E-state index contributed by atoms with van der Waals surface area (Å²) in [7, 11) is 1.34. The van der Waals surface area contributed by atoms with Gasteiger partial charge in [-0.2, -0.15) is 0 Å². The van der Waals surface area contributed by atoms with E-state index in [1.807, 2.05) is 38.1 Å². The molecule has 2 aliphatic rings. The average Bonchev–Trinajstić information content (AvgIpc) is 2.80. The van der Waals surface area contributed by atoms with E-state index in [2.05, 4.69) is 4.99 Å². The van der Waals surface area contributed by atoms with Gasteiger partial charge in [0.15, 0.2) is 5.17 Å². The number of aliphatic imine (C=N–C) groups is 1. The molecule has 0 aromatic heterocycles. The Morgan fingerprint density at radius 1 is 1.26 bits per heavy atom. The van der Waals surface area contributed by atoms with Crippen molar-refractivity contribution in [3.63, 3.8) is 0 Å². The van der Waals surface area contributed by atoms with Crippen molar-refractivity contribution in [2.75, 3.05) is 7.11 Å². The quantitative estimate of drug-likeness (QED) is 0.783. The zero-order chi connectivity index (χ0) is 16.7. The van der Waals surface area contributed by atoms with Gasteiger partial charge < -0.3 is 4.74 Å². The summed E-state index contributed by atoms with van der Waals surface area (Å²) in [6.07, 6.45) is 0. The first kappa shape index (κ1) is 15.8. The van der Waals surface area contributed by atoms with E-state index in [-0.39, 0.29) is 11.2 Å². The first-order chi connectivity index (χ1) is 10.9. The monoisotopic (exact) mass is 330 g/mol. The number of esters is 1. The van der Waals surface area contributed by atoms with Crippen LogP contribution in [-0.4, -0.2) is 34.3 Å². The Morgan fingerprint density at radius 2 is 1.91 bits per heavy atom. The summed E-state index contributed by atoms with van der Waals surface area (Å²) in [5.74, 6) is -0.485. The van der Waals surface area contributed by atoms with E-state index < -0.39 is 12.0 Å². The Labute approximate surface area is 139 Å². The van der Waals surface area contributed by atoms with Gasteiger partial charge in [0.2, 0.25) is 5.91 Å². The third-order valence-electron chi connectivity index (χ3n) is 4.06. The van der Waals surface area contributed by atoms with Crippen molar-refractivity contribution in [2.24, 2.45) is 4.99 Å². The fourth-order valence-electron chi connectivity index (χ4n) is 2.84. The third kappa shape index (κ3) is 2.57. The highest BCUT2D eigenvalue weighted by atomic mass is 32.2. The summed E-state index contributed by atoms with van der Waals surface area (Å²) in [4.78, 5) is 31.0. The number of carbonyl (C=O) groups excluding carboxylic acids is 2. The molecule has 0 saturated carbocycles. The van der Waals surface area contributed by atoms with E-state index in [9.17, 15) is 9.59 Å². The molecule has 0 radical (unpaired) electrons. The van der Waals surface area contributed by atoms with E-state index in [1.54, 1.807) is 11.8 Å². The number of ether oxygens (including phenoxy) is 1. The fraction of sp³-hybridized carbons (Fsp3) is 0.353. The van der Waals surface area contributed by atoms with E-state index >= 15 is 0 Å². The van der Waals surface area contributed by atoms with E-state index in [0.29, 0.717) is 16.4 Å². The van der Waals surface area contributed by atoms with Crippen molar-refractivity contribution < 1.29 is 14.3 Å². The summed E-state index contributed by atoms with van der Waals surface area (Å²) in [6.45, 7) is 5.64. The van der Waals surface area contributed by atoms with E-state index in [1.165, 1.54) is 18.9 Å². The molecule has 2 heterocycles. The molecule has 1 fully saturated rings. The molecular formula is C17H18N2O3S. The maximum absolute atomic E-state index is 12.6. The number of fused-ring (bicyclic) bond motifs is 1. The normalized spacial score (nSPS) is 23.7. The average molecular weight is 330 g/mol. The molecule has 0 bridgehead atoms. The Kier molecular flexibility index (Phi) is 4.02. The summed E-state index contributed by atoms with van der Waals surface area (Å²) in [6, 6.07) is 7.35. The maximum Gasteiger partial charge on any atom is 0.338 e. The Balaban J connectivity index is 2.17. The molecule has 1 saturated heterocycles. The lowest BCUT2D eigenvalue weighted by atomic mass is 9.94. The minimum absolute atomic E-state index is 0.0340. The second kappa shape index (κ2) is 5.85. The molecule has 2 atom stereocenters. The summed E-state index contributed by atoms with van der Waals surface area (Å²) >= 11 is 1.42. The smallest absolute Gasteiger partial charge is 0.338 e. The standard InChI is InChI=1S/C17H18N2O3S/c1-9-5-7-12(8-6-9)14-13(16(21)22-4)10(2)18-17-19(14)15(20)11(3)23-17/h5-8,11,14H,1-4H3. The fourth-order valence-corrected chi connectivity index (χ4v) is 3.87. The molecule has 1 aromatic rings. The largest absolute Gasteiger partial charge is 0.466 e. The first-order valence-corrected chi connectivity index (χ1v) is 8.26. The highest BCUT2D eigenvalue weighted by Crippen LogP contribution is 2.43. The SMILES string of the molecule is COC(=O)C1=C(C)N=C2SC(C)C(=O)N2C1c1ccc(C)cc1. The van der Waals surface area contributed by atoms with Gasteiger partial charge >= 0.3 is 5.97 Å². The lowest BCUT2D eigenvalue weighted by molar-refractivity contribution is -0.137. The number of aryl methyl sites for hydroxylation is 1. The van der Waals surface area contributed by atoms with Gasteiger partial charge in [-0.1, -0.05) is 41.6 Å². The molecule has 3 rings (SSSR count). The van der Waals surface area contributed by atoms with Crippen LogP contribution in [-0.2, 0) is 14.3 Å². The molecule has 0 spiro atoms. The summed E-state index contributed by atoms with van der Waals surface area (Å²) < 4.78 is 4.94. The molecule has 0 N–H and O–H groups in total. The number of hydrogen-bond acceptors (Lipinski definition) is 5. The molecule has 23 heavy (non-hydrogen) atoms. The lowest BCUT2D eigenvalue weighted by Gasteiger charge is -2.32. The van der Waals surface area contributed by atoms with Crippen LogP contribution in [0.15, 0.2) is 40.5 Å². The molecule has 120 valence electrons. The topological polar surface area (TPSA) is 59.0 Å². The number of rotatable bonds is 2. The number of carbonyl (C=O) groups is 2. The number of benzene rings is 1. The predicted molar refractivity (Wildman–Crippen MR) is 90.0 cm³/mol. The van der Waals surface area contributed by atoms with Crippen LogP contribution in [0.1, 0.15) is 31.0 Å². The first-order valence-electron chi connectivity index (χ1n) is 7.38. The predicted octanol–water partition coefficient (Wildman–Crippen LogP) is 2.82. The van der Waals surface area contributed by atoms with Crippen LogP contribution < -0.4 is 0 Å². The van der Waals surface area contributed by atoms with Crippen molar-refractivity contribution >= 4 is 28.8 Å². The number of nitrogens with zero attached hydrogens (tertiary/aromatic N) is 2. The number of hydrogen-bond donors (Lipinski definition) is 0. The van der Waals surface area contributed by atoms with Crippen LogP contribution in [0.4, 0.5) is 0 Å². The van der Waals surface area contributed by atoms with Gasteiger partial charge in [0.05, 0.1) is 29.7 Å². The van der Waals surface area contributed by atoms with E-state index in [4.69, 9.17) is 4.74 Å². The molecule has 2 unspecified atom stereocenters. The highest BCUT2D eigenvalue weighted by Gasteiger charge is 2.46. The summed E-state index contributed by atoms with van der Waals surface area (Å²) in [5.41, 5.74) is 3.02. The molecule has 5 nitrogen and oxygen atoms in total. The molecule has 1 amide bonds. The summed E-state index contributed by atoms with van der Waals surface area (Å²) in [5, 5.41) is 0.449. The maximum atomic E-state index is 12.6. The molecule has 1 aromatic carbocycles. The number of methoxy groups -OCH3 is 1. The van der Waals surface area contributed by atoms with Gasteiger partial charge in [-0.05, 0) is 26.3 Å².